The van der Waals surface area contributed by atoms with Gasteiger partial charge in [0.25, 0.3) is 0 Å². The first-order chi connectivity index (χ1) is 15.5. The Morgan fingerprint density at radius 3 is 1.48 bits per heavy atom. The van der Waals surface area contributed by atoms with Gasteiger partial charge >= 0.3 is 0 Å². The molecule has 0 aliphatic carbocycles. The Labute approximate surface area is 200 Å². The molecule has 0 spiro atoms. The Morgan fingerprint density at radius 2 is 1.09 bits per heavy atom. The Balaban J connectivity index is 1.77. The van der Waals surface area contributed by atoms with Gasteiger partial charge in [-0.1, -0.05) is 65.8 Å². The second-order valence-corrected chi connectivity index (χ2v) is 11.2. The van der Waals surface area contributed by atoms with E-state index in [9.17, 15) is 5.11 Å². The molecule has 1 N–H and O–H groups in total. The molecule has 0 aromatic heterocycles. The van der Waals surface area contributed by atoms with Crippen molar-refractivity contribution in [3.63, 3.8) is 0 Å². The fraction of sp³-hybridized carbons (Fsp3) is 0.586. The molecule has 0 saturated carbocycles. The fourth-order valence-electron chi connectivity index (χ4n) is 4.04. The average Bonchev–Trinajstić information content (AvgIpc) is 2.74. The molecule has 0 saturated heterocycles. The minimum absolute atomic E-state index is 0.0568. The second-order valence-electron chi connectivity index (χ2n) is 11.2. The van der Waals surface area contributed by atoms with Crippen LogP contribution in [0.4, 0.5) is 0 Å². The summed E-state index contributed by atoms with van der Waals surface area (Å²) in [6.07, 6.45) is 2.62. The summed E-state index contributed by atoms with van der Waals surface area (Å²) in [6, 6.07) is 13.0. The second kappa shape index (κ2) is 10.9. The van der Waals surface area contributed by atoms with Gasteiger partial charge in [-0.25, -0.2) is 0 Å². The summed E-state index contributed by atoms with van der Waals surface area (Å²) in [5, 5.41) is 10.7. The molecular weight excluding hydrogens is 412 g/mol. The molecule has 0 bridgehead atoms. The third-order valence-electron chi connectivity index (χ3n) is 6.33. The third kappa shape index (κ3) is 7.48. The van der Waals surface area contributed by atoms with E-state index in [1.165, 1.54) is 11.1 Å². The lowest BCUT2D eigenvalue weighted by molar-refractivity contribution is 0.0755. The summed E-state index contributed by atoms with van der Waals surface area (Å²) in [4.78, 5) is 0. The zero-order chi connectivity index (χ0) is 24.1. The Kier molecular flexibility index (Phi) is 8.47. The lowest BCUT2D eigenvalue weighted by atomic mass is 9.85. The van der Waals surface area contributed by atoms with Crippen molar-refractivity contribution in [3.8, 4) is 11.5 Å². The Bertz CT molecular complexity index is 831. The van der Waals surface area contributed by atoms with Gasteiger partial charge in [0.15, 0.2) is 0 Å². The first-order valence-corrected chi connectivity index (χ1v) is 12.3. The van der Waals surface area contributed by atoms with Gasteiger partial charge in [0.1, 0.15) is 24.7 Å². The number of fused-ring (bicyclic) bond motifs is 2. The van der Waals surface area contributed by atoms with Crippen molar-refractivity contribution in [2.24, 2.45) is 0 Å². The molecule has 2 aromatic carbocycles. The molecule has 4 nitrogen and oxygen atoms in total. The van der Waals surface area contributed by atoms with Crippen LogP contribution in [0, 0.1) is 0 Å². The first kappa shape index (κ1) is 25.6. The normalized spacial score (nSPS) is 17.4. The van der Waals surface area contributed by atoms with Crippen LogP contribution < -0.4 is 9.47 Å². The smallest absolute Gasteiger partial charge is 0.122 e. The third-order valence-corrected chi connectivity index (χ3v) is 6.33. The van der Waals surface area contributed by atoms with Crippen molar-refractivity contribution in [1.29, 1.82) is 0 Å². The molecule has 0 amide bonds. The number of benzene rings is 2. The summed E-state index contributed by atoms with van der Waals surface area (Å²) in [5.41, 5.74) is 4.90. The topological polar surface area (TPSA) is 47.9 Å². The maximum absolute atomic E-state index is 10.7. The zero-order valence-corrected chi connectivity index (χ0v) is 21.4. The van der Waals surface area contributed by atoms with Crippen molar-refractivity contribution < 1.29 is 19.3 Å². The molecular formula is C29H42O4. The van der Waals surface area contributed by atoms with E-state index in [0.29, 0.717) is 39.3 Å². The first-order valence-electron chi connectivity index (χ1n) is 12.3. The van der Waals surface area contributed by atoms with Crippen LogP contribution in [0.5, 0.6) is 11.5 Å². The molecule has 0 atom stereocenters. The highest BCUT2D eigenvalue weighted by Gasteiger charge is 2.19. The lowest BCUT2D eigenvalue weighted by Gasteiger charge is -2.23. The van der Waals surface area contributed by atoms with Gasteiger partial charge < -0.3 is 19.3 Å². The molecule has 1 heterocycles. The SMILES string of the molecule is CC(C)(C)c1ccc2c(c1)OCCOCCOc1cc(C(C)(C)C)ccc1CCC(O)CC2. The summed E-state index contributed by atoms with van der Waals surface area (Å²) >= 11 is 0. The maximum Gasteiger partial charge on any atom is 0.122 e. The summed E-state index contributed by atoms with van der Waals surface area (Å²) in [5.74, 6) is 1.81. The molecule has 182 valence electrons. The van der Waals surface area contributed by atoms with Crippen molar-refractivity contribution in [3.05, 3.63) is 58.7 Å². The van der Waals surface area contributed by atoms with Gasteiger partial charge in [0.2, 0.25) is 0 Å². The molecule has 0 radical (unpaired) electrons. The van der Waals surface area contributed by atoms with Crippen LogP contribution in [0.25, 0.3) is 0 Å². The van der Waals surface area contributed by atoms with Gasteiger partial charge in [-0.15, -0.1) is 0 Å². The molecule has 0 unspecified atom stereocenters. The quantitative estimate of drug-likeness (QED) is 0.531. The van der Waals surface area contributed by atoms with Crippen LogP contribution >= 0.6 is 0 Å². The highest BCUT2D eigenvalue weighted by molar-refractivity contribution is 5.41. The van der Waals surface area contributed by atoms with Gasteiger partial charge in [0, 0.05) is 0 Å². The van der Waals surface area contributed by atoms with Crippen LogP contribution in [-0.2, 0) is 28.4 Å². The van der Waals surface area contributed by atoms with Crippen LogP contribution in [0.2, 0.25) is 0 Å². The number of aliphatic hydroxyl groups is 1. The van der Waals surface area contributed by atoms with E-state index in [1.54, 1.807) is 0 Å². The van der Waals surface area contributed by atoms with E-state index in [4.69, 9.17) is 14.2 Å². The molecule has 3 rings (SSSR count). The van der Waals surface area contributed by atoms with Crippen LogP contribution in [0.3, 0.4) is 0 Å². The standard InChI is InChI=1S/C29H42O4/c1-28(2,3)23-11-7-21-9-13-25(30)14-10-22-8-12-24(29(4,5)6)20-27(22)33-18-16-31-15-17-32-26(21)19-23/h7-8,11-12,19-20,25,30H,9-10,13-18H2,1-6H3. The van der Waals surface area contributed by atoms with E-state index in [0.717, 1.165) is 35.5 Å². The monoisotopic (exact) mass is 454 g/mol. The van der Waals surface area contributed by atoms with Crippen LogP contribution in [-0.4, -0.2) is 37.6 Å². The van der Waals surface area contributed by atoms with Crippen molar-refractivity contribution in [2.75, 3.05) is 26.4 Å². The molecule has 1 aliphatic rings. The number of aryl methyl sites for hydroxylation is 2. The van der Waals surface area contributed by atoms with E-state index >= 15 is 0 Å². The van der Waals surface area contributed by atoms with Crippen molar-refractivity contribution in [1.82, 2.24) is 0 Å². The molecule has 4 heteroatoms. The zero-order valence-electron chi connectivity index (χ0n) is 21.4. The highest BCUT2D eigenvalue weighted by Crippen LogP contribution is 2.31. The van der Waals surface area contributed by atoms with Gasteiger partial charge in [0.05, 0.1) is 19.3 Å². The average molecular weight is 455 g/mol. The lowest BCUT2D eigenvalue weighted by Crippen LogP contribution is -2.17. The predicted molar refractivity (Wildman–Crippen MR) is 135 cm³/mol. The van der Waals surface area contributed by atoms with Gasteiger partial charge in [-0.2, -0.15) is 0 Å². The van der Waals surface area contributed by atoms with Gasteiger partial charge in [-0.05, 0) is 70.9 Å². The van der Waals surface area contributed by atoms with Crippen LogP contribution in [0.15, 0.2) is 36.4 Å². The summed E-state index contributed by atoms with van der Waals surface area (Å²) in [6.45, 7) is 15.3. The van der Waals surface area contributed by atoms with Gasteiger partial charge in [-0.3, -0.25) is 0 Å². The number of rotatable bonds is 0. The number of hydrogen-bond donors (Lipinski definition) is 1. The molecule has 33 heavy (non-hydrogen) atoms. The predicted octanol–water partition coefficient (Wildman–Crippen LogP) is 6.00. The number of hydrogen-bond acceptors (Lipinski definition) is 4. The molecule has 0 fully saturated rings. The number of ether oxygens (including phenoxy) is 3. The Morgan fingerprint density at radius 1 is 0.667 bits per heavy atom. The number of aliphatic hydroxyl groups excluding tert-OH is 1. The van der Waals surface area contributed by atoms with E-state index in [1.807, 2.05) is 0 Å². The maximum atomic E-state index is 10.7. The van der Waals surface area contributed by atoms with Crippen molar-refractivity contribution in [2.45, 2.75) is 84.2 Å². The molecule has 1 aliphatic heterocycles. The Hall–Kier alpha value is -2.04. The summed E-state index contributed by atoms with van der Waals surface area (Å²) < 4.78 is 18.0. The van der Waals surface area contributed by atoms with E-state index in [-0.39, 0.29) is 16.9 Å². The van der Waals surface area contributed by atoms with E-state index < -0.39 is 0 Å². The van der Waals surface area contributed by atoms with Crippen LogP contribution in [0.1, 0.15) is 76.6 Å². The minimum atomic E-state index is -0.369. The minimum Gasteiger partial charge on any atom is -0.491 e. The van der Waals surface area contributed by atoms with Crippen molar-refractivity contribution >= 4 is 0 Å². The largest absolute Gasteiger partial charge is 0.491 e. The van der Waals surface area contributed by atoms with E-state index in [2.05, 4.69) is 77.9 Å². The summed E-state index contributed by atoms with van der Waals surface area (Å²) in [7, 11) is 0. The fourth-order valence-corrected chi connectivity index (χ4v) is 4.04. The molecule has 2 aromatic rings. The highest BCUT2D eigenvalue weighted by atomic mass is 16.5.